The minimum Gasteiger partial charge on any atom is -0.477 e. The molecular formula is C17H23FN2O4S. The van der Waals surface area contributed by atoms with Crippen molar-refractivity contribution in [2.24, 2.45) is 0 Å². The van der Waals surface area contributed by atoms with Crippen LogP contribution < -0.4 is 10.1 Å². The molecule has 2 aliphatic rings. The SMILES string of the molecule is CS(=O)(=O)c1ccc(OC2CCN(C3CCCNCC3)C2=O)c(F)c1. The number of rotatable bonds is 4. The fourth-order valence-electron chi connectivity index (χ4n) is 3.42. The second-order valence-corrected chi connectivity index (χ2v) is 8.64. The number of nitrogens with zero attached hydrogens (tertiary/aromatic N) is 1. The van der Waals surface area contributed by atoms with Crippen molar-refractivity contribution in [3.63, 3.8) is 0 Å². The molecule has 0 spiro atoms. The third-order valence-corrected chi connectivity index (χ3v) is 5.89. The van der Waals surface area contributed by atoms with Gasteiger partial charge in [-0.25, -0.2) is 12.8 Å². The van der Waals surface area contributed by atoms with Gasteiger partial charge in [-0.3, -0.25) is 4.79 Å². The molecule has 1 aromatic carbocycles. The van der Waals surface area contributed by atoms with Gasteiger partial charge in [0.25, 0.3) is 5.91 Å². The van der Waals surface area contributed by atoms with Gasteiger partial charge < -0.3 is 15.0 Å². The molecule has 3 rings (SSSR count). The van der Waals surface area contributed by atoms with Crippen LogP contribution in [0.3, 0.4) is 0 Å². The summed E-state index contributed by atoms with van der Waals surface area (Å²) in [5, 5.41) is 3.32. The summed E-state index contributed by atoms with van der Waals surface area (Å²) < 4.78 is 42.6. The van der Waals surface area contributed by atoms with Gasteiger partial charge >= 0.3 is 0 Å². The molecule has 2 fully saturated rings. The van der Waals surface area contributed by atoms with Gasteiger partial charge in [0, 0.05) is 25.3 Å². The highest BCUT2D eigenvalue weighted by molar-refractivity contribution is 7.90. The van der Waals surface area contributed by atoms with Crippen molar-refractivity contribution in [3.05, 3.63) is 24.0 Å². The van der Waals surface area contributed by atoms with E-state index in [0.29, 0.717) is 13.0 Å². The summed E-state index contributed by atoms with van der Waals surface area (Å²) in [7, 11) is -3.48. The zero-order chi connectivity index (χ0) is 18.0. The van der Waals surface area contributed by atoms with Crippen LogP contribution in [0.25, 0.3) is 0 Å². The zero-order valence-electron chi connectivity index (χ0n) is 14.2. The summed E-state index contributed by atoms with van der Waals surface area (Å²) in [6.07, 6.45) is 3.72. The molecule has 2 unspecified atom stereocenters. The molecular weight excluding hydrogens is 347 g/mol. The third-order valence-electron chi connectivity index (χ3n) is 4.78. The van der Waals surface area contributed by atoms with Gasteiger partial charge in [-0.1, -0.05) is 0 Å². The zero-order valence-corrected chi connectivity index (χ0v) is 15.0. The van der Waals surface area contributed by atoms with Gasteiger partial charge in [0.05, 0.1) is 4.90 Å². The van der Waals surface area contributed by atoms with Crippen LogP contribution >= 0.6 is 0 Å². The Labute approximate surface area is 147 Å². The summed E-state index contributed by atoms with van der Waals surface area (Å²) in [4.78, 5) is 14.4. The van der Waals surface area contributed by atoms with E-state index < -0.39 is 21.8 Å². The normalized spacial score (nSPS) is 25.0. The van der Waals surface area contributed by atoms with E-state index >= 15 is 0 Å². The van der Waals surface area contributed by atoms with Crippen molar-refractivity contribution >= 4 is 15.7 Å². The maximum Gasteiger partial charge on any atom is 0.263 e. The van der Waals surface area contributed by atoms with Crippen LogP contribution in [0.2, 0.25) is 0 Å². The van der Waals surface area contributed by atoms with Crippen molar-refractivity contribution in [1.29, 1.82) is 0 Å². The standard InChI is InChI=1S/C17H23FN2O4S/c1-25(22,23)13-4-5-15(14(18)11-13)24-16-7-10-20(17(16)21)12-3-2-8-19-9-6-12/h4-5,11-12,16,19H,2-3,6-10H2,1H3. The number of nitrogens with one attached hydrogen (secondary N) is 1. The van der Waals surface area contributed by atoms with Gasteiger partial charge in [0.2, 0.25) is 0 Å². The number of hydrogen-bond acceptors (Lipinski definition) is 5. The lowest BCUT2D eigenvalue weighted by atomic mass is 10.1. The largest absolute Gasteiger partial charge is 0.477 e. The Bertz CT molecular complexity index is 745. The number of halogens is 1. The molecule has 2 saturated heterocycles. The Morgan fingerprint density at radius 3 is 2.76 bits per heavy atom. The topological polar surface area (TPSA) is 75.7 Å². The number of amides is 1. The highest BCUT2D eigenvalue weighted by Crippen LogP contribution is 2.27. The van der Waals surface area contributed by atoms with E-state index in [4.69, 9.17) is 4.74 Å². The maximum atomic E-state index is 14.1. The second-order valence-electron chi connectivity index (χ2n) is 6.63. The molecule has 0 saturated carbocycles. The molecule has 2 heterocycles. The number of likely N-dealkylation sites (tertiary alicyclic amines) is 1. The fourth-order valence-corrected chi connectivity index (χ4v) is 4.05. The predicted octanol–water partition coefficient (Wildman–Crippen LogP) is 1.35. The second kappa shape index (κ2) is 7.29. The molecule has 0 aromatic heterocycles. The molecule has 0 bridgehead atoms. The van der Waals surface area contributed by atoms with Gasteiger partial charge in [-0.05, 0) is 50.6 Å². The quantitative estimate of drug-likeness (QED) is 0.866. The fraction of sp³-hybridized carbons (Fsp3) is 0.588. The number of carbonyl (C=O) groups is 1. The number of carbonyl (C=O) groups excluding carboxylic acids is 1. The molecule has 25 heavy (non-hydrogen) atoms. The molecule has 0 aliphatic carbocycles. The molecule has 138 valence electrons. The highest BCUT2D eigenvalue weighted by atomic mass is 32.2. The molecule has 0 radical (unpaired) electrons. The van der Waals surface area contributed by atoms with Gasteiger partial charge in [0.15, 0.2) is 27.5 Å². The summed E-state index contributed by atoms with van der Waals surface area (Å²) >= 11 is 0. The van der Waals surface area contributed by atoms with Crippen molar-refractivity contribution < 1.29 is 22.3 Å². The Morgan fingerprint density at radius 2 is 2.04 bits per heavy atom. The van der Waals surface area contributed by atoms with Crippen LogP contribution in [0.4, 0.5) is 4.39 Å². The van der Waals surface area contributed by atoms with E-state index in [9.17, 15) is 17.6 Å². The lowest BCUT2D eigenvalue weighted by Crippen LogP contribution is -2.40. The van der Waals surface area contributed by atoms with Crippen LogP contribution in [0.5, 0.6) is 5.75 Å². The lowest BCUT2D eigenvalue weighted by molar-refractivity contribution is -0.135. The Kier molecular flexibility index (Phi) is 5.29. The highest BCUT2D eigenvalue weighted by Gasteiger charge is 2.37. The first kappa shape index (κ1) is 18.1. The molecule has 1 amide bonds. The third kappa shape index (κ3) is 4.12. The first-order valence-electron chi connectivity index (χ1n) is 8.54. The van der Waals surface area contributed by atoms with E-state index in [2.05, 4.69) is 5.32 Å². The van der Waals surface area contributed by atoms with Crippen LogP contribution in [-0.4, -0.2) is 57.3 Å². The molecule has 2 aliphatic heterocycles. The van der Waals surface area contributed by atoms with Crippen molar-refractivity contribution in [2.45, 2.75) is 42.7 Å². The van der Waals surface area contributed by atoms with Crippen LogP contribution in [0.15, 0.2) is 23.1 Å². The smallest absolute Gasteiger partial charge is 0.263 e. The summed E-state index contributed by atoms with van der Waals surface area (Å²) in [6.45, 7) is 2.47. The van der Waals surface area contributed by atoms with E-state index in [1.165, 1.54) is 12.1 Å². The lowest BCUT2D eigenvalue weighted by Gasteiger charge is -2.26. The van der Waals surface area contributed by atoms with Crippen molar-refractivity contribution in [1.82, 2.24) is 10.2 Å². The Hall–Kier alpha value is -1.67. The van der Waals surface area contributed by atoms with Gasteiger partial charge in [0.1, 0.15) is 0 Å². The number of hydrogen-bond donors (Lipinski definition) is 1. The van der Waals surface area contributed by atoms with Crippen molar-refractivity contribution in [2.75, 3.05) is 25.9 Å². The first-order valence-corrected chi connectivity index (χ1v) is 10.4. The van der Waals surface area contributed by atoms with E-state index in [0.717, 1.165) is 44.7 Å². The summed E-state index contributed by atoms with van der Waals surface area (Å²) in [5.74, 6) is -0.971. The van der Waals surface area contributed by atoms with Gasteiger partial charge in [-0.15, -0.1) is 0 Å². The molecule has 1 aromatic rings. The summed E-state index contributed by atoms with van der Waals surface area (Å²) in [5.41, 5.74) is 0. The first-order chi connectivity index (χ1) is 11.9. The predicted molar refractivity (Wildman–Crippen MR) is 90.8 cm³/mol. The maximum absolute atomic E-state index is 14.1. The number of benzene rings is 1. The number of sulfone groups is 1. The molecule has 8 heteroatoms. The molecule has 1 N–H and O–H groups in total. The van der Waals surface area contributed by atoms with Crippen LogP contribution in [0.1, 0.15) is 25.7 Å². The summed E-state index contributed by atoms with van der Waals surface area (Å²) in [6, 6.07) is 3.70. The Morgan fingerprint density at radius 1 is 1.24 bits per heavy atom. The van der Waals surface area contributed by atoms with Crippen LogP contribution in [-0.2, 0) is 14.6 Å². The molecule has 6 nitrogen and oxygen atoms in total. The average Bonchev–Trinajstić information content (AvgIpc) is 2.76. The van der Waals surface area contributed by atoms with E-state index in [1.807, 2.05) is 4.90 Å². The van der Waals surface area contributed by atoms with E-state index in [1.54, 1.807) is 0 Å². The van der Waals surface area contributed by atoms with Gasteiger partial charge in [-0.2, -0.15) is 0 Å². The Balaban J connectivity index is 1.69. The number of ether oxygens (including phenoxy) is 1. The molecule has 2 atom stereocenters. The van der Waals surface area contributed by atoms with Crippen molar-refractivity contribution in [3.8, 4) is 5.75 Å². The minimum absolute atomic E-state index is 0.0878. The monoisotopic (exact) mass is 370 g/mol. The van der Waals surface area contributed by atoms with E-state index in [-0.39, 0.29) is 22.6 Å². The van der Waals surface area contributed by atoms with Crippen LogP contribution in [0, 0.1) is 5.82 Å². The average molecular weight is 370 g/mol. The minimum atomic E-state index is -3.48.